The number of carbonyl (C=O) groups is 1. The maximum absolute atomic E-state index is 14.9. The van der Waals surface area contributed by atoms with Crippen molar-refractivity contribution in [3.05, 3.63) is 106 Å². The number of aromatic nitrogens is 2. The lowest BCUT2D eigenvalue weighted by Crippen LogP contribution is -2.44. The van der Waals surface area contributed by atoms with Gasteiger partial charge in [-0.25, -0.2) is 18.7 Å². The smallest absolute Gasteiger partial charge is 0.253 e. The van der Waals surface area contributed by atoms with Crippen LogP contribution in [0, 0.1) is 11.6 Å². The number of nitrogens with zero attached hydrogens (tertiary/aromatic N) is 5. The third kappa shape index (κ3) is 5.65. The van der Waals surface area contributed by atoms with Crippen LogP contribution in [0.25, 0.3) is 11.3 Å². The molecule has 1 atom stereocenters. The molecule has 10 heteroatoms. The Labute approximate surface area is 263 Å². The number of alkyl halides is 1. The van der Waals surface area contributed by atoms with Crippen molar-refractivity contribution in [2.75, 3.05) is 32.5 Å². The van der Waals surface area contributed by atoms with Gasteiger partial charge in [-0.15, -0.1) is 0 Å². The Kier molecular flexibility index (Phi) is 7.99. The van der Waals surface area contributed by atoms with E-state index in [1.54, 1.807) is 6.20 Å². The lowest BCUT2D eigenvalue weighted by molar-refractivity contribution is 0.0760. The SMILES string of the molecule is CN(C)C1(C)CCN(C(=O)c2ccc(Nc3ncc4c(n3)-c3ccc(CI)cc3C(c3c(F)cccc3F)=NC4)cc2)C1. The summed E-state index contributed by atoms with van der Waals surface area (Å²) in [6.07, 6.45) is 2.63. The molecule has 0 saturated carbocycles. The molecule has 3 aromatic carbocycles. The second kappa shape index (κ2) is 11.7. The minimum Gasteiger partial charge on any atom is -0.337 e. The van der Waals surface area contributed by atoms with Crippen LogP contribution in [-0.4, -0.2) is 64.1 Å². The van der Waals surface area contributed by atoms with Crippen molar-refractivity contribution in [2.45, 2.75) is 29.9 Å². The Morgan fingerprint density at radius 1 is 1.07 bits per heavy atom. The highest BCUT2D eigenvalue weighted by molar-refractivity contribution is 14.1. The molecule has 1 unspecified atom stereocenters. The molecule has 2 aliphatic rings. The second-order valence-electron chi connectivity index (χ2n) is 11.4. The first-order valence-electron chi connectivity index (χ1n) is 14.0. The lowest BCUT2D eigenvalue weighted by Gasteiger charge is -2.32. The summed E-state index contributed by atoms with van der Waals surface area (Å²) in [5.41, 5.74) is 5.19. The van der Waals surface area contributed by atoms with E-state index >= 15 is 0 Å². The maximum Gasteiger partial charge on any atom is 0.253 e. The Balaban J connectivity index is 1.28. The summed E-state index contributed by atoms with van der Waals surface area (Å²) in [5, 5.41) is 3.24. The van der Waals surface area contributed by atoms with Crippen LogP contribution >= 0.6 is 22.6 Å². The first kappa shape index (κ1) is 29.3. The maximum atomic E-state index is 14.9. The Bertz CT molecular complexity index is 1720. The van der Waals surface area contributed by atoms with Gasteiger partial charge < -0.3 is 15.1 Å². The number of amides is 1. The van der Waals surface area contributed by atoms with Crippen molar-refractivity contribution in [1.82, 2.24) is 19.8 Å². The number of fused-ring (bicyclic) bond motifs is 3. The van der Waals surface area contributed by atoms with Gasteiger partial charge in [0.1, 0.15) is 11.6 Å². The molecule has 1 amide bonds. The molecule has 1 aromatic heterocycles. The Morgan fingerprint density at radius 3 is 2.49 bits per heavy atom. The highest BCUT2D eigenvalue weighted by atomic mass is 127. The molecule has 7 nitrogen and oxygen atoms in total. The van der Waals surface area contributed by atoms with E-state index in [-0.39, 0.29) is 29.3 Å². The van der Waals surface area contributed by atoms with E-state index in [0.717, 1.165) is 39.8 Å². The van der Waals surface area contributed by atoms with Crippen molar-refractivity contribution in [1.29, 1.82) is 0 Å². The molecule has 220 valence electrons. The van der Waals surface area contributed by atoms with Crippen molar-refractivity contribution in [3.8, 4) is 11.3 Å². The van der Waals surface area contributed by atoms with Gasteiger partial charge >= 0.3 is 0 Å². The first-order chi connectivity index (χ1) is 20.7. The molecule has 43 heavy (non-hydrogen) atoms. The number of likely N-dealkylation sites (N-methyl/N-ethyl adjacent to an activating group) is 1. The molecule has 1 saturated heterocycles. The molecule has 0 bridgehead atoms. The van der Waals surface area contributed by atoms with Crippen LogP contribution in [0.3, 0.4) is 0 Å². The van der Waals surface area contributed by atoms with Gasteiger partial charge in [-0.05, 0) is 75.5 Å². The fourth-order valence-electron chi connectivity index (χ4n) is 5.57. The van der Waals surface area contributed by atoms with Crippen LogP contribution in [0.15, 0.2) is 71.9 Å². The zero-order valence-corrected chi connectivity index (χ0v) is 26.3. The minimum atomic E-state index is -0.664. The topological polar surface area (TPSA) is 73.7 Å². The van der Waals surface area contributed by atoms with Gasteiger partial charge in [-0.3, -0.25) is 9.79 Å². The minimum absolute atomic E-state index is 0.0166. The number of hydrogen-bond donors (Lipinski definition) is 1. The molecule has 6 rings (SSSR count). The summed E-state index contributed by atoms with van der Waals surface area (Å²) in [6.45, 7) is 3.77. The van der Waals surface area contributed by atoms with Crippen LogP contribution in [0.2, 0.25) is 0 Å². The average molecular weight is 693 g/mol. The number of rotatable bonds is 6. The third-order valence-electron chi connectivity index (χ3n) is 8.43. The van der Waals surface area contributed by atoms with Gasteiger partial charge in [-0.1, -0.05) is 40.8 Å². The van der Waals surface area contributed by atoms with E-state index in [2.05, 4.69) is 63.8 Å². The average Bonchev–Trinajstić information content (AvgIpc) is 3.35. The fourth-order valence-corrected chi connectivity index (χ4v) is 6.05. The molecule has 1 N–H and O–H groups in total. The predicted octanol–water partition coefficient (Wildman–Crippen LogP) is 6.62. The van der Waals surface area contributed by atoms with Crippen LogP contribution in [0.5, 0.6) is 0 Å². The largest absolute Gasteiger partial charge is 0.337 e. The van der Waals surface area contributed by atoms with E-state index in [1.165, 1.54) is 18.2 Å². The second-order valence-corrected chi connectivity index (χ2v) is 12.2. The molecular weight excluding hydrogens is 661 g/mol. The highest BCUT2D eigenvalue weighted by Crippen LogP contribution is 2.34. The molecule has 4 aromatic rings. The zero-order chi connectivity index (χ0) is 30.3. The molecule has 1 fully saturated rings. The molecule has 2 aliphatic heterocycles. The monoisotopic (exact) mass is 692 g/mol. The summed E-state index contributed by atoms with van der Waals surface area (Å²) in [6, 6.07) is 17.0. The summed E-state index contributed by atoms with van der Waals surface area (Å²) < 4.78 is 30.6. The van der Waals surface area contributed by atoms with Crippen LogP contribution < -0.4 is 5.32 Å². The van der Waals surface area contributed by atoms with E-state index in [1.807, 2.05) is 47.4 Å². The predicted molar refractivity (Wildman–Crippen MR) is 173 cm³/mol. The number of halogens is 3. The summed E-state index contributed by atoms with van der Waals surface area (Å²) in [5.74, 6) is -0.948. The van der Waals surface area contributed by atoms with E-state index in [0.29, 0.717) is 29.3 Å². The number of hydrogen-bond acceptors (Lipinski definition) is 6. The number of anilines is 2. The quantitative estimate of drug-likeness (QED) is 0.182. The van der Waals surface area contributed by atoms with Gasteiger partial charge in [0.15, 0.2) is 0 Å². The number of benzene rings is 3. The van der Waals surface area contributed by atoms with E-state index in [9.17, 15) is 13.6 Å². The molecule has 0 radical (unpaired) electrons. The third-order valence-corrected chi connectivity index (χ3v) is 9.31. The Morgan fingerprint density at radius 2 is 1.81 bits per heavy atom. The summed E-state index contributed by atoms with van der Waals surface area (Å²) in [4.78, 5) is 31.2. The van der Waals surface area contributed by atoms with Crippen LogP contribution in [-0.2, 0) is 11.0 Å². The lowest BCUT2D eigenvalue weighted by atomic mass is 9.93. The standard InChI is InChI=1S/C33H31F2IN6O/c1-33(41(2)3)13-14-42(19-33)31(43)21-8-10-23(11-9-21)39-32-38-18-22-17-37-30(28-26(34)5-4-6-27(28)35)25-15-20(16-36)7-12-24(25)29(22)40-32/h4-12,15,18H,13-14,16-17,19H2,1-3H3,(H,38,39,40). The molecule has 0 spiro atoms. The number of carbonyl (C=O) groups excluding carboxylic acids is 1. The van der Waals surface area contributed by atoms with Gasteiger partial charge in [0.05, 0.1) is 23.5 Å². The number of aliphatic imine (C=N–C) groups is 1. The van der Waals surface area contributed by atoms with Gasteiger partial charge in [0.2, 0.25) is 5.95 Å². The molecule has 0 aliphatic carbocycles. The van der Waals surface area contributed by atoms with Gasteiger partial charge in [0, 0.05) is 57.2 Å². The van der Waals surface area contributed by atoms with Crippen LogP contribution in [0.4, 0.5) is 20.4 Å². The van der Waals surface area contributed by atoms with E-state index < -0.39 is 11.6 Å². The highest BCUT2D eigenvalue weighted by Gasteiger charge is 2.37. The number of nitrogens with one attached hydrogen (secondary N) is 1. The van der Waals surface area contributed by atoms with Crippen molar-refractivity contribution < 1.29 is 13.6 Å². The number of likely N-dealkylation sites (tertiary alicyclic amines) is 1. The van der Waals surface area contributed by atoms with Crippen molar-refractivity contribution in [2.24, 2.45) is 4.99 Å². The van der Waals surface area contributed by atoms with Crippen LogP contribution in [0.1, 0.15) is 46.0 Å². The van der Waals surface area contributed by atoms with Gasteiger partial charge in [0.25, 0.3) is 5.91 Å². The van der Waals surface area contributed by atoms with Gasteiger partial charge in [-0.2, -0.15) is 0 Å². The summed E-state index contributed by atoms with van der Waals surface area (Å²) >= 11 is 2.26. The Hall–Kier alpha value is -3.77. The fraction of sp³-hybridized carbons (Fsp3) is 0.273. The molecule has 3 heterocycles. The zero-order valence-electron chi connectivity index (χ0n) is 24.2. The summed E-state index contributed by atoms with van der Waals surface area (Å²) in [7, 11) is 4.10. The first-order valence-corrected chi connectivity index (χ1v) is 15.6. The van der Waals surface area contributed by atoms with E-state index in [4.69, 9.17) is 4.98 Å². The molecular formula is C33H31F2IN6O. The van der Waals surface area contributed by atoms with Crippen molar-refractivity contribution >= 4 is 45.8 Å². The normalized spacial score (nSPS) is 17.7. The van der Waals surface area contributed by atoms with Crippen molar-refractivity contribution in [3.63, 3.8) is 0 Å².